The van der Waals surface area contributed by atoms with E-state index in [1.54, 1.807) is 31.2 Å². The standard InChI is InChI=1S/C19H23NO6S/c1-5-27(22,23)17-9-7-6-8-14(17)19(21)20-12-13-10-15(24-2)18(26-4)16(11-13)25-3/h6-11H,5,12H2,1-4H3,(H,20,21). The molecular weight excluding hydrogens is 370 g/mol. The Morgan fingerprint density at radius 2 is 1.59 bits per heavy atom. The van der Waals surface area contributed by atoms with Gasteiger partial charge in [-0.3, -0.25) is 4.79 Å². The lowest BCUT2D eigenvalue weighted by Crippen LogP contribution is -2.25. The van der Waals surface area contributed by atoms with E-state index in [2.05, 4.69) is 5.32 Å². The molecule has 2 aromatic rings. The van der Waals surface area contributed by atoms with E-state index in [0.717, 1.165) is 0 Å². The van der Waals surface area contributed by atoms with Gasteiger partial charge in [0.1, 0.15) is 0 Å². The lowest BCUT2D eigenvalue weighted by Gasteiger charge is -2.15. The Labute approximate surface area is 159 Å². The van der Waals surface area contributed by atoms with Crippen LogP contribution >= 0.6 is 0 Å². The number of ether oxygens (including phenoxy) is 3. The monoisotopic (exact) mass is 393 g/mol. The van der Waals surface area contributed by atoms with Crippen LogP contribution in [0.15, 0.2) is 41.3 Å². The van der Waals surface area contributed by atoms with E-state index in [1.165, 1.54) is 33.5 Å². The molecule has 0 fully saturated rings. The summed E-state index contributed by atoms with van der Waals surface area (Å²) in [7, 11) is 1.01. The Balaban J connectivity index is 2.27. The van der Waals surface area contributed by atoms with Crippen molar-refractivity contribution in [2.24, 2.45) is 0 Å². The quantitative estimate of drug-likeness (QED) is 0.741. The summed E-state index contributed by atoms with van der Waals surface area (Å²) in [6.07, 6.45) is 0. The average Bonchev–Trinajstić information content (AvgIpc) is 2.70. The number of carbonyl (C=O) groups excluding carboxylic acids is 1. The fraction of sp³-hybridized carbons (Fsp3) is 0.316. The summed E-state index contributed by atoms with van der Waals surface area (Å²) < 4.78 is 40.3. The van der Waals surface area contributed by atoms with Crippen molar-refractivity contribution in [3.63, 3.8) is 0 Å². The smallest absolute Gasteiger partial charge is 0.252 e. The Bertz CT molecular complexity index is 899. The molecule has 0 saturated heterocycles. The molecular formula is C19H23NO6S. The second kappa shape index (κ2) is 8.77. The first-order chi connectivity index (χ1) is 12.9. The molecule has 8 heteroatoms. The minimum Gasteiger partial charge on any atom is -0.493 e. The van der Waals surface area contributed by atoms with Crippen LogP contribution in [0.3, 0.4) is 0 Å². The maximum atomic E-state index is 12.6. The summed E-state index contributed by atoms with van der Waals surface area (Å²) in [5.41, 5.74) is 0.834. The van der Waals surface area contributed by atoms with Crippen LogP contribution in [-0.2, 0) is 16.4 Å². The highest BCUT2D eigenvalue weighted by molar-refractivity contribution is 7.91. The van der Waals surface area contributed by atoms with E-state index < -0.39 is 15.7 Å². The van der Waals surface area contributed by atoms with Crippen LogP contribution in [-0.4, -0.2) is 41.4 Å². The van der Waals surface area contributed by atoms with E-state index in [4.69, 9.17) is 14.2 Å². The molecule has 0 aliphatic heterocycles. The van der Waals surface area contributed by atoms with Crippen LogP contribution in [0.5, 0.6) is 17.2 Å². The van der Waals surface area contributed by atoms with E-state index in [-0.39, 0.29) is 22.8 Å². The van der Waals surface area contributed by atoms with E-state index >= 15 is 0 Å². The van der Waals surface area contributed by atoms with Gasteiger partial charge < -0.3 is 19.5 Å². The van der Waals surface area contributed by atoms with E-state index in [0.29, 0.717) is 22.8 Å². The van der Waals surface area contributed by atoms with Crippen LogP contribution in [0.4, 0.5) is 0 Å². The van der Waals surface area contributed by atoms with Gasteiger partial charge in [-0.05, 0) is 29.8 Å². The van der Waals surface area contributed by atoms with Crippen molar-refractivity contribution in [2.75, 3.05) is 27.1 Å². The molecule has 2 rings (SSSR count). The number of amides is 1. The minimum atomic E-state index is -3.50. The summed E-state index contributed by atoms with van der Waals surface area (Å²) in [6, 6.07) is 9.59. The molecule has 0 spiro atoms. The lowest BCUT2D eigenvalue weighted by atomic mass is 10.1. The minimum absolute atomic E-state index is 0.0230. The molecule has 0 aliphatic rings. The Hall–Kier alpha value is -2.74. The number of hydrogen-bond donors (Lipinski definition) is 1. The zero-order valence-electron chi connectivity index (χ0n) is 15.7. The summed E-state index contributed by atoms with van der Waals surface area (Å²) in [4.78, 5) is 12.6. The van der Waals surface area contributed by atoms with Crippen LogP contribution < -0.4 is 19.5 Å². The van der Waals surface area contributed by atoms with Gasteiger partial charge in [0.15, 0.2) is 21.3 Å². The predicted octanol–water partition coefficient (Wildman–Crippen LogP) is 2.44. The van der Waals surface area contributed by atoms with Crippen LogP contribution in [0, 0.1) is 0 Å². The van der Waals surface area contributed by atoms with E-state index in [9.17, 15) is 13.2 Å². The Kier molecular flexibility index (Phi) is 6.68. The van der Waals surface area contributed by atoms with Gasteiger partial charge in [0, 0.05) is 6.54 Å². The molecule has 0 bridgehead atoms. The van der Waals surface area contributed by atoms with Gasteiger partial charge in [-0.1, -0.05) is 19.1 Å². The van der Waals surface area contributed by atoms with Crippen molar-refractivity contribution in [1.82, 2.24) is 5.32 Å². The molecule has 7 nitrogen and oxygen atoms in total. The molecule has 0 aromatic heterocycles. The van der Waals surface area contributed by atoms with Crippen molar-refractivity contribution in [2.45, 2.75) is 18.4 Å². The number of nitrogens with one attached hydrogen (secondary N) is 1. The van der Waals surface area contributed by atoms with Gasteiger partial charge >= 0.3 is 0 Å². The van der Waals surface area contributed by atoms with Gasteiger partial charge in [-0.2, -0.15) is 0 Å². The molecule has 0 saturated carbocycles. The topological polar surface area (TPSA) is 90.9 Å². The first kappa shape index (κ1) is 20.6. The fourth-order valence-corrected chi connectivity index (χ4v) is 3.69. The van der Waals surface area contributed by atoms with Gasteiger partial charge in [-0.25, -0.2) is 8.42 Å². The third kappa shape index (κ3) is 4.51. The molecule has 0 radical (unpaired) electrons. The highest BCUT2D eigenvalue weighted by Crippen LogP contribution is 2.38. The molecule has 0 atom stereocenters. The van der Waals surface area contributed by atoms with Crippen molar-refractivity contribution < 1.29 is 27.4 Å². The number of rotatable bonds is 8. The maximum Gasteiger partial charge on any atom is 0.252 e. The van der Waals surface area contributed by atoms with Crippen LogP contribution in [0.2, 0.25) is 0 Å². The van der Waals surface area contributed by atoms with Crippen molar-refractivity contribution in [3.8, 4) is 17.2 Å². The molecule has 2 aromatic carbocycles. The molecule has 0 heterocycles. The maximum absolute atomic E-state index is 12.6. The van der Waals surface area contributed by atoms with Gasteiger partial charge in [0.25, 0.3) is 5.91 Å². The summed E-state index contributed by atoms with van der Waals surface area (Å²) in [5.74, 6) is 0.834. The number of sulfone groups is 1. The normalized spacial score (nSPS) is 11.0. The molecule has 1 N–H and O–H groups in total. The summed E-state index contributed by atoms with van der Waals surface area (Å²) in [6.45, 7) is 1.70. The third-order valence-corrected chi connectivity index (χ3v) is 5.81. The number of hydrogen-bond acceptors (Lipinski definition) is 6. The fourth-order valence-electron chi connectivity index (χ4n) is 2.60. The highest BCUT2D eigenvalue weighted by Gasteiger charge is 2.20. The average molecular weight is 393 g/mol. The first-order valence-electron chi connectivity index (χ1n) is 8.26. The first-order valence-corrected chi connectivity index (χ1v) is 9.92. The van der Waals surface area contributed by atoms with E-state index in [1.807, 2.05) is 0 Å². The largest absolute Gasteiger partial charge is 0.493 e. The Morgan fingerprint density at radius 1 is 1.00 bits per heavy atom. The molecule has 1 amide bonds. The van der Waals surface area contributed by atoms with Crippen molar-refractivity contribution in [3.05, 3.63) is 47.5 Å². The molecule has 146 valence electrons. The van der Waals surface area contributed by atoms with Gasteiger partial charge in [0.05, 0.1) is 37.5 Å². The second-order valence-electron chi connectivity index (χ2n) is 5.62. The number of methoxy groups -OCH3 is 3. The highest BCUT2D eigenvalue weighted by atomic mass is 32.2. The summed E-state index contributed by atoms with van der Waals surface area (Å²) in [5, 5.41) is 2.74. The molecule has 0 aliphatic carbocycles. The number of carbonyl (C=O) groups is 1. The zero-order chi connectivity index (χ0) is 20.0. The lowest BCUT2D eigenvalue weighted by molar-refractivity contribution is 0.0947. The van der Waals surface area contributed by atoms with Gasteiger partial charge in [0.2, 0.25) is 5.75 Å². The second-order valence-corrected chi connectivity index (χ2v) is 7.86. The summed E-state index contributed by atoms with van der Waals surface area (Å²) >= 11 is 0. The number of benzene rings is 2. The van der Waals surface area contributed by atoms with Crippen LogP contribution in [0.1, 0.15) is 22.8 Å². The molecule has 27 heavy (non-hydrogen) atoms. The Morgan fingerprint density at radius 3 is 2.11 bits per heavy atom. The van der Waals surface area contributed by atoms with Crippen molar-refractivity contribution in [1.29, 1.82) is 0 Å². The van der Waals surface area contributed by atoms with Gasteiger partial charge in [-0.15, -0.1) is 0 Å². The predicted molar refractivity (Wildman–Crippen MR) is 101 cm³/mol. The van der Waals surface area contributed by atoms with Crippen molar-refractivity contribution >= 4 is 15.7 Å². The third-order valence-electron chi connectivity index (χ3n) is 4.02. The zero-order valence-corrected chi connectivity index (χ0v) is 16.6. The molecule has 0 unspecified atom stereocenters. The SMILES string of the molecule is CCS(=O)(=O)c1ccccc1C(=O)NCc1cc(OC)c(OC)c(OC)c1. The van der Waals surface area contributed by atoms with Crippen LogP contribution in [0.25, 0.3) is 0 Å².